The second-order valence-electron chi connectivity index (χ2n) is 3.42. The monoisotopic (exact) mass is 291 g/mol. The van der Waals surface area contributed by atoms with Crippen molar-refractivity contribution in [2.45, 2.75) is 11.9 Å². The highest BCUT2D eigenvalue weighted by atomic mass is 32.2. The summed E-state index contributed by atoms with van der Waals surface area (Å²) in [5, 5.41) is 3.73. The Balaban J connectivity index is 2.52. The Labute approximate surface area is 107 Å². The van der Waals surface area contributed by atoms with E-state index in [1.807, 2.05) is 0 Å². The van der Waals surface area contributed by atoms with Gasteiger partial charge in [-0.05, 0) is 17.1 Å². The molecule has 2 aromatic rings. The molecule has 0 fully saturated rings. The van der Waals surface area contributed by atoms with Crippen LogP contribution in [0.3, 0.4) is 0 Å². The molecule has 2 aromatic heterocycles. The van der Waals surface area contributed by atoms with Gasteiger partial charge in [-0.1, -0.05) is 0 Å². The average molecular weight is 291 g/mol. The summed E-state index contributed by atoms with van der Waals surface area (Å²) in [6.07, 6.45) is -1.94. The molecule has 0 aliphatic rings. The van der Waals surface area contributed by atoms with Crippen LogP contribution in [0, 0.1) is 0 Å². The van der Waals surface area contributed by atoms with Crippen LogP contribution in [0.25, 0.3) is 5.82 Å². The highest BCUT2D eigenvalue weighted by molar-refractivity contribution is 7.78. The molecule has 0 bridgehead atoms. The lowest BCUT2D eigenvalue weighted by molar-refractivity contribution is -0.141. The van der Waals surface area contributed by atoms with E-state index >= 15 is 0 Å². The number of halogens is 3. The molecule has 0 saturated carbocycles. The molecule has 0 spiro atoms. The Morgan fingerprint density at radius 2 is 2.11 bits per heavy atom. The molecular weight excluding hydrogens is 285 g/mol. The van der Waals surface area contributed by atoms with E-state index in [0.29, 0.717) is 6.07 Å². The highest BCUT2D eigenvalue weighted by Crippen LogP contribution is 2.28. The van der Waals surface area contributed by atoms with E-state index in [4.69, 9.17) is 0 Å². The highest BCUT2D eigenvalue weighted by Gasteiger charge is 2.33. The first kappa shape index (κ1) is 13.6. The summed E-state index contributed by atoms with van der Waals surface area (Å²) in [7, 11) is 0. The number of rotatable bonds is 3. The van der Waals surface area contributed by atoms with Gasteiger partial charge in [-0.3, -0.25) is 4.21 Å². The van der Waals surface area contributed by atoms with Crippen molar-refractivity contribution < 1.29 is 21.9 Å². The Bertz CT molecular complexity index is 600. The molecule has 2 heterocycles. The van der Waals surface area contributed by atoms with Crippen LogP contribution in [0.4, 0.5) is 13.2 Å². The summed E-state index contributed by atoms with van der Waals surface area (Å²) in [6, 6.07) is 2.20. The normalized spacial score (nSPS) is 13.5. The van der Waals surface area contributed by atoms with Crippen molar-refractivity contribution in [1.29, 1.82) is 0 Å². The Hall–Kier alpha value is -1.81. The first-order valence-electron chi connectivity index (χ1n) is 4.87. The Morgan fingerprint density at radius 3 is 2.63 bits per heavy atom. The van der Waals surface area contributed by atoms with Gasteiger partial charge in [0.05, 0.1) is 5.75 Å². The first-order valence-corrected chi connectivity index (χ1v) is 6.11. The smallest absolute Gasteiger partial charge is 0.433 e. The number of hydrogen-bond acceptors (Lipinski definition) is 5. The van der Waals surface area contributed by atoms with Crippen LogP contribution >= 0.6 is 0 Å². The number of nitrogens with zero attached hydrogens (tertiary/aromatic N) is 4. The molecule has 0 saturated heterocycles. The van der Waals surface area contributed by atoms with E-state index in [-0.39, 0.29) is 5.82 Å². The predicted molar refractivity (Wildman–Crippen MR) is 56.8 cm³/mol. The van der Waals surface area contributed by atoms with Crippen LogP contribution in [0.1, 0.15) is 11.5 Å². The van der Waals surface area contributed by atoms with Crippen molar-refractivity contribution in [2.75, 3.05) is 0 Å². The minimum atomic E-state index is -4.69. The summed E-state index contributed by atoms with van der Waals surface area (Å²) in [4.78, 5) is 6.91. The number of alkyl halides is 3. The molecule has 0 aromatic carbocycles. The Kier molecular flexibility index (Phi) is 3.62. The average Bonchev–Trinajstić information content (AvgIpc) is 2.79. The van der Waals surface area contributed by atoms with Crippen LogP contribution in [-0.4, -0.2) is 28.5 Å². The molecule has 6 nitrogen and oxygen atoms in total. The lowest BCUT2D eigenvalue weighted by atomic mass is 10.3. The lowest BCUT2D eigenvalue weighted by Gasteiger charge is -2.11. The molecule has 19 heavy (non-hydrogen) atoms. The van der Waals surface area contributed by atoms with Gasteiger partial charge in [0.15, 0.2) is 5.82 Å². The van der Waals surface area contributed by atoms with E-state index in [2.05, 4.69) is 15.1 Å². The van der Waals surface area contributed by atoms with Gasteiger partial charge < -0.3 is 4.55 Å². The van der Waals surface area contributed by atoms with Crippen LogP contribution in [0.5, 0.6) is 0 Å². The summed E-state index contributed by atoms with van der Waals surface area (Å²) in [6.45, 7) is 0. The fourth-order valence-electron chi connectivity index (χ4n) is 1.32. The van der Waals surface area contributed by atoms with Crippen LogP contribution in [0.2, 0.25) is 0 Å². The van der Waals surface area contributed by atoms with E-state index in [0.717, 1.165) is 4.68 Å². The number of aromatic nitrogens is 4. The van der Waals surface area contributed by atoms with Gasteiger partial charge in [-0.25, -0.2) is 14.6 Å². The quantitative estimate of drug-likeness (QED) is 0.789. The second kappa shape index (κ2) is 5.05. The zero-order valence-corrected chi connectivity index (χ0v) is 9.98. The largest absolute Gasteiger partial charge is 0.772 e. The molecule has 0 amide bonds. The third-order valence-corrected chi connectivity index (χ3v) is 2.53. The van der Waals surface area contributed by atoms with Crippen LogP contribution in [0.15, 0.2) is 24.5 Å². The minimum absolute atomic E-state index is 0.146. The molecule has 2 rings (SSSR count). The van der Waals surface area contributed by atoms with Crippen molar-refractivity contribution in [1.82, 2.24) is 19.7 Å². The van der Waals surface area contributed by atoms with Gasteiger partial charge in [0.2, 0.25) is 0 Å². The summed E-state index contributed by atoms with van der Waals surface area (Å²) < 4.78 is 60.1. The molecule has 0 radical (unpaired) electrons. The predicted octanol–water partition coefficient (Wildman–Crippen LogP) is 1.06. The third-order valence-electron chi connectivity index (χ3n) is 2.04. The number of hydrogen-bond donors (Lipinski definition) is 0. The van der Waals surface area contributed by atoms with E-state index < -0.39 is 34.5 Å². The molecule has 0 aliphatic heterocycles. The minimum Gasteiger partial charge on any atom is -0.772 e. The van der Waals surface area contributed by atoms with Gasteiger partial charge in [0.1, 0.15) is 11.5 Å². The van der Waals surface area contributed by atoms with Gasteiger partial charge in [0, 0.05) is 18.5 Å². The molecule has 102 valence electrons. The van der Waals surface area contributed by atoms with E-state index in [1.165, 1.54) is 18.5 Å². The van der Waals surface area contributed by atoms with Gasteiger partial charge in [-0.15, -0.1) is 0 Å². The molecule has 1 unspecified atom stereocenters. The third kappa shape index (κ3) is 3.35. The lowest BCUT2D eigenvalue weighted by Crippen LogP contribution is -2.14. The maximum atomic E-state index is 12.7. The molecule has 1 atom stereocenters. The van der Waals surface area contributed by atoms with Crippen molar-refractivity contribution in [3.05, 3.63) is 36.0 Å². The molecular formula is C9H6F3N4O2S-. The van der Waals surface area contributed by atoms with Gasteiger partial charge >= 0.3 is 6.18 Å². The molecule has 0 N–H and O–H groups in total. The fraction of sp³-hybridized carbons (Fsp3) is 0.222. The van der Waals surface area contributed by atoms with Crippen molar-refractivity contribution in [2.24, 2.45) is 0 Å². The van der Waals surface area contributed by atoms with Crippen molar-refractivity contribution in [3.63, 3.8) is 0 Å². The SMILES string of the molecule is O=S([O-])Cc1nc(-n2cccn2)cc(C(F)(F)F)n1. The molecule has 10 heteroatoms. The van der Waals surface area contributed by atoms with E-state index in [1.54, 1.807) is 0 Å². The topological polar surface area (TPSA) is 83.7 Å². The van der Waals surface area contributed by atoms with Crippen molar-refractivity contribution >= 4 is 11.1 Å². The zero-order valence-electron chi connectivity index (χ0n) is 9.16. The fourth-order valence-corrected chi connectivity index (χ4v) is 1.66. The standard InChI is InChI=1S/C9H7F3N4O2S/c10-9(11,12)6-4-8(16-3-1-2-13-16)15-7(14-6)5-19(17)18/h1-4H,5H2,(H,17,18)/p-1. The first-order chi connectivity index (χ1) is 8.86. The summed E-state index contributed by atoms with van der Waals surface area (Å²) in [5.41, 5.74) is -1.21. The maximum absolute atomic E-state index is 12.7. The van der Waals surface area contributed by atoms with Gasteiger partial charge in [-0.2, -0.15) is 18.3 Å². The Morgan fingerprint density at radius 1 is 1.37 bits per heavy atom. The van der Waals surface area contributed by atoms with Crippen LogP contribution in [-0.2, 0) is 23.0 Å². The summed E-state index contributed by atoms with van der Waals surface area (Å²) >= 11 is -2.58. The van der Waals surface area contributed by atoms with Crippen molar-refractivity contribution in [3.8, 4) is 5.82 Å². The van der Waals surface area contributed by atoms with E-state index in [9.17, 15) is 21.9 Å². The molecule has 0 aliphatic carbocycles. The second-order valence-corrected chi connectivity index (χ2v) is 4.32. The zero-order chi connectivity index (χ0) is 14.0. The summed E-state index contributed by atoms with van der Waals surface area (Å²) in [5.74, 6) is -1.28. The van der Waals surface area contributed by atoms with Gasteiger partial charge in [0.25, 0.3) is 0 Å². The maximum Gasteiger partial charge on any atom is 0.433 e. The van der Waals surface area contributed by atoms with Crippen LogP contribution < -0.4 is 0 Å².